The summed E-state index contributed by atoms with van der Waals surface area (Å²) in [6.07, 6.45) is 0. The second kappa shape index (κ2) is 3.51. The van der Waals surface area contributed by atoms with E-state index in [2.05, 4.69) is 22.4 Å². The Kier molecular flexibility index (Phi) is 2.41. The first-order valence-electron chi connectivity index (χ1n) is 4.99. The number of thiocarbonyl (C=S) groups is 1. The molecule has 0 aromatic heterocycles. The highest BCUT2D eigenvalue weighted by Crippen LogP contribution is 2.42. The number of fused-ring (bicyclic) bond motifs is 1. The SMILES string of the molecule is CN1C(=O)C(C)(C)c2cc(N=C=S)ccc21. The number of likely N-dealkylation sites (N-methyl/N-ethyl adjacent to an activating group) is 1. The molecule has 1 aromatic carbocycles. The smallest absolute Gasteiger partial charge is 0.236 e. The van der Waals surface area contributed by atoms with E-state index in [9.17, 15) is 4.79 Å². The van der Waals surface area contributed by atoms with Gasteiger partial charge >= 0.3 is 0 Å². The van der Waals surface area contributed by atoms with E-state index in [1.165, 1.54) is 0 Å². The number of aliphatic imine (C=N–C) groups is 1. The topological polar surface area (TPSA) is 32.7 Å². The van der Waals surface area contributed by atoms with Crippen LogP contribution < -0.4 is 4.90 Å². The number of isothiocyanates is 1. The highest BCUT2D eigenvalue weighted by molar-refractivity contribution is 7.78. The number of carbonyl (C=O) groups excluding carboxylic acids is 1. The van der Waals surface area contributed by atoms with Gasteiger partial charge in [-0.3, -0.25) is 4.79 Å². The lowest BCUT2D eigenvalue weighted by atomic mass is 9.86. The Labute approximate surface area is 99.8 Å². The number of anilines is 1. The first-order chi connectivity index (χ1) is 7.48. The molecule has 0 saturated carbocycles. The zero-order valence-electron chi connectivity index (χ0n) is 9.44. The largest absolute Gasteiger partial charge is 0.314 e. The Morgan fingerprint density at radius 3 is 2.75 bits per heavy atom. The number of carbonyl (C=O) groups is 1. The summed E-state index contributed by atoms with van der Waals surface area (Å²) in [7, 11) is 1.79. The number of nitrogens with zero attached hydrogens (tertiary/aromatic N) is 2. The predicted octanol–water partition coefficient (Wildman–Crippen LogP) is 2.67. The maximum absolute atomic E-state index is 12.0. The molecule has 1 aromatic rings. The van der Waals surface area contributed by atoms with E-state index in [1.807, 2.05) is 32.0 Å². The van der Waals surface area contributed by atoms with E-state index < -0.39 is 5.41 Å². The van der Waals surface area contributed by atoms with Gasteiger partial charge in [0.25, 0.3) is 0 Å². The second-order valence-corrected chi connectivity index (χ2v) is 4.58. The van der Waals surface area contributed by atoms with Gasteiger partial charge in [0.05, 0.1) is 16.3 Å². The minimum absolute atomic E-state index is 0.103. The van der Waals surface area contributed by atoms with Crippen LogP contribution in [0.1, 0.15) is 19.4 Å². The summed E-state index contributed by atoms with van der Waals surface area (Å²) < 4.78 is 0. The van der Waals surface area contributed by atoms with Crippen LogP contribution >= 0.6 is 12.2 Å². The average molecular weight is 232 g/mol. The van der Waals surface area contributed by atoms with Crippen molar-refractivity contribution in [1.29, 1.82) is 0 Å². The van der Waals surface area contributed by atoms with Crippen molar-refractivity contribution in [3.63, 3.8) is 0 Å². The van der Waals surface area contributed by atoms with E-state index >= 15 is 0 Å². The molecule has 1 heterocycles. The van der Waals surface area contributed by atoms with Crippen molar-refractivity contribution in [3.8, 4) is 0 Å². The number of amides is 1. The molecular formula is C12H12N2OS. The first kappa shape index (κ1) is 11.0. The third-order valence-electron chi connectivity index (χ3n) is 3.03. The van der Waals surface area contributed by atoms with E-state index in [-0.39, 0.29) is 5.91 Å². The molecule has 1 amide bonds. The Morgan fingerprint density at radius 2 is 2.12 bits per heavy atom. The van der Waals surface area contributed by atoms with Crippen LogP contribution in [0.2, 0.25) is 0 Å². The fourth-order valence-electron chi connectivity index (χ4n) is 2.08. The molecule has 4 heteroatoms. The van der Waals surface area contributed by atoms with E-state index in [0.717, 1.165) is 16.9 Å². The van der Waals surface area contributed by atoms with Crippen LogP contribution in [0, 0.1) is 0 Å². The van der Waals surface area contributed by atoms with Crippen LogP contribution in [0.3, 0.4) is 0 Å². The standard InChI is InChI=1S/C12H12N2OS/c1-12(2)9-6-8(13-7-16)4-5-10(9)14(3)11(12)15/h4-6H,1-3H3. The minimum atomic E-state index is -0.489. The van der Waals surface area contributed by atoms with Crippen LogP contribution in [0.15, 0.2) is 23.2 Å². The highest BCUT2D eigenvalue weighted by Gasteiger charge is 2.42. The summed E-state index contributed by atoms with van der Waals surface area (Å²) in [6, 6.07) is 5.63. The lowest BCUT2D eigenvalue weighted by molar-refractivity contribution is -0.121. The molecular weight excluding hydrogens is 220 g/mol. The predicted molar refractivity (Wildman–Crippen MR) is 67.6 cm³/mol. The molecule has 0 aliphatic carbocycles. The van der Waals surface area contributed by atoms with E-state index in [4.69, 9.17) is 0 Å². The van der Waals surface area contributed by atoms with Crippen LogP contribution in [0.25, 0.3) is 0 Å². The quantitative estimate of drug-likeness (QED) is 0.551. The molecule has 1 aliphatic heterocycles. The van der Waals surface area contributed by atoms with Gasteiger partial charge < -0.3 is 4.90 Å². The molecule has 0 spiro atoms. The summed E-state index contributed by atoms with van der Waals surface area (Å²) in [5.74, 6) is 0.103. The molecule has 2 rings (SSSR count). The highest BCUT2D eigenvalue weighted by atomic mass is 32.1. The van der Waals surface area contributed by atoms with Crippen LogP contribution in [-0.4, -0.2) is 18.1 Å². The van der Waals surface area contributed by atoms with Gasteiger partial charge in [-0.05, 0) is 49.8 Å². The summed E-state index contributed by atoms with van der Waals surface area (Å²) >= 11 is 4.57. The summed E-state index contributed by atoms with van der Waals surface area (Å²) in [4.78, 5) is 17.6. The lowest BCUT2D eigenvalue weighted by Gasteiger charge is -2.16. The van der Waals surface area contributed by atoms with Gasteiger partial charge in [-0.1, -0.05) is 0 Å². The second-order valence-electron chi connectivity index (χ2n) is 4.39. The summed E-state index contributed by atoms with van der Waals surface area (Å²) in [6.45, 7) is 3.84. The number of hydrogen-bond donors (Lipinski definition) is 0. The van der Waals surface area contributed by atoms with Gasteiger partial charge in [0.15, 0.2) is 0 Å². The fraction of sp³-hybridized carbons (Fsp3) is 0.333. The Hall–Kier alpha value is -1.51. The van der Waals surface area contributed by atoms with Crippen LogP contribution in [0.5, 0.6) is 0 Å². The summed E-state index contributed by atoms with van der Waals surface area (Å²) in [5, 5.41) is 2.33. The van der Waals surface area contributed by atoms with Gasteiger partial charge in [0.1, 0.15) is 0 Å². The van der Waals surface area contributed by atoms with Gasteiger partial charge in [-0.2, -0.15) is 4.99 Å². The Morgan fingerprint density at radius 1 is 1.44 bits per heavy atom. The van der Waals surface area contributed by atoms with Crippen LogP contribution in [0.4, 0.5) is 11.4 Å². The van der Waals surface area contributed by atoms with E-state index in [0.29, 0.717) is 0 Å². The van der Waals surface area contributed by atoms with Crippen molar-refractivity contribution in [3.05, 3.63) is 23.8 Å². The van der Waals surface area contributed by atoms with Crippen molar-refractivity contribution in [2.75, 3.05) is 11.9 Å². The van der Waals surface area contributed by atoms with Crippen molar-refractivity contribution in [1.82, 2.24) is 0 Å². The summed E-state index contributed by atoms with van der Waals surface area (Å²) in [5.41, 5.74) is 2.19. The third-order valence-corrected chi connectivity index (χ3v) is 3.12. The molecule has 0 fully saturated rings. The van der Waals surface area contributed by atoms with Crippen molar-refractivity contribution < 1.29 is 4.79 Å². The van der Waals surface area contributed by atoms with Gasteiger partial charge in [0, 0.05) is 12.7 Å². The molecule has 16 heavy (non-hydrogen) atoms. The van der Waals surface area contributed by atoms with Crippen molar-refractivity contribution in [2.45, 2.75) is 19.3 Å². The van der Waals surface area contributed by atoms with Gasteiger partial charge in [-0.25, -0.2) is 0 Å². The van der Waals surface area contributed by atoms with Gasteiger partial charge in [-0.15, -0.1) is 0 Å². The number of hydrogen-bond acceptors (Lipinski definition) is 3. The molecule has 0 bridgehead atoms. The molecule has 0 radical (unpaired) electrons. The zero-order valence-corrected chi connectivity index (χ0v) is 10.3. The van der Waals surface area contributed by atoms with Crippen LogP contribution in [-0.2, 0) is 10.2 Å². The Bertz CT molecular complexity index is 516. The number of rotatable bonds is 1. The zero-order chi connectivity index (χ0) is 11.9. The molecule has 0 atom stereocenters. The molecule has 0 N–H and O–H groups in total. The van der Waals surface area contributed by atoms with Crippen molar-refractivity contribution in [2.24, 2.45) is 4.99 Å². The first-order valence-corrected chi connectivity index (χ1v) is 5.40. The fourth-order valence-corrected chi connectivity index (χ4v) is 2.19. The number of benzene rings is 1. The monoisotopic (exact) mass is 232 g/mol. The molecule has 0 saturated heterocycles. The third kappa shape index (κ3) is 1.39. The van der Waals surface area contributed by atoms with Gasteiger partial charge in [0.2, 0.25) is 5.91 Å². The minimum Gasteiger partial charge on any atom is -0.314 e. The van der Waals surface area contributed by atoms with Crippen molar-refractivity contribution >= 4 is 34.7 Å². The molecule has 1 aliphatic rings. The Balaban J connectivity index is 2.65. The lowest BCUT2D eigenvalue weighted by Crippen LogP contribution is -2.33. The molecule has 0 unspecified atom stereocenters. The van der Waals surface area contributed by atoms with E-state index in [1.54, 1.807) is 11.9 Å². The molecule has 3 nitrogen and oxygen atoms in total. The molecule has 82 valence electrons. The normalized spacial score (nSPS) is 16.9. The maximum atomic E-state index is 12.0. The maximum Gasteiger partial charge on any atom is 0.236 e. The average Bonchev–Trinajstić information content (AvgIpc) is 2.42.